The highest BCUT2D eigenvalue weighted by Crippen LogP contribution is 2.11. The number of nitrogens with one attached hydrogen (secondary N) is 1. The molecule has 5 nitrogen and oxygen atoms in total. The Bertz CT molecular complexity index is 500. The zero-order valence-electron chi connectivity index (χ0n) is 12.0. The smallest absolute Gasteiger partial charge is 0.240 e. The number of ether oxygens (including phenoxy) is 1. The first-order chi connectivity index (χ1) is 9.45. The minimum atomic E-state index is -3.54. The van der Waals surface area contributed by atoms with Crippen LogP contribution in [-0.4, -0.2) is 33.3 Å². The van der Waals surface area contributed by atoms with E-state index in [9.17, 15) is 8.42 Å². The predicted octanol–water partition coefficient (Wildman–Crippen LogP) is 1.52. The molecule has 0 aromatic heterocycles. The second-order valence-corrected chi connectivity index (χ2v) is 6.77. The first kappa shape index (κ1) is 17.1. The van der Waals surface area contributed by atoms with E-state index in [0.717, 1.165) is 6.42 Å². The third kappa shape index (κ3) is 6.00. The summed E-state index contributed by atoms with van der Waals surface area (Å²) in [6.07, 6.45) is 0.964. The van der Waals surface area contributed by atoms with Gasteiger partial charge in [-0.2, -0.15) is 0 Å². The van der Waals surface area contributed by atoms with Gasteiger partial charge < -0.3 is 9.84 Å². The summed E-state index contributed by atoms with van der Waals surface area (Å²) in [6.45, 7) is 5.27. The molecule has 6 heteroatoms. The van der Waals surface area contributed by atoms with Gasteiger partial charge in [-0.05, 0) is 30.0 Å². The van der Waals surface area contributed by atoms with Crippen LogP contribution in [0.5, 0.6) is 0 Å². The van der Waals surface area contributed by atoms with Crippen LogP contribution in [0.15, 0.2) is 29.2 Å². The lowest BCUT2D eigenvalue weighted by Crippen LogP contribution is -2.27. The molecular formula is C14H23NO4S. The van der Waals surface area contributed by atoms with Crippen molar-refractivity contribution in [1.82, 2.24) is 4.72 Å². The van der Waals surface area contributed by atoms with Gasteiger partial charge in [-0.15, -0.1) is 0 Å². The normalized spacial score (nSPS) is 12.0. The van der Waals surface area contributed by atoms with Gasteiger partial charge >= 0.3 is 0 Å². The predicted molar refractivity (Wildman–Crippen MR) is 77.8 cm³/mol. The Kier molecular flexibility index (Phi) is 7.15. The van der Waals surface area contributed by atoms with Gasteiger partial charge in [0, 0.05) is 13.2 Å². The minimum absolute atomic E-state index is 0.159. The molecule has 0 aliphatic heterocycles. The van der Waals surface area contributed by atoms with Crippen molar-refractivity contribution in [3.8, 4) is 0 Å². The van der Waals surface area contributed by atoms with E-state index < -0.39 is 10.0 Å². The fourth-order valence-electron chi connectivity index (χ4n) is 1.56. The van der Waals surface area contributed by atoms with E-state index in [-0.39, 0.29) is 18.0 Å². The minimum Gasteiger partial charge on any atom is -0.392 e. The lowest BCUT2D eigenvalue weighted by molar-refractivity contribution is 0.128. The highest BCUT2D eigenvalue weighted by molar-refractivity contribution is 7.89. The van der Waals surface area contributed by atoms with E-state index >= 15 is 0 Å². The van der Waals surface area contributed by atoms with Crippen LogP contribution in [0.25, 0.3) is 0 Å². The molecular weight excluding hydrogens is 278 g/mol. The number of hydrogen-bond donors (Lipinski definition) is 2. The fourth-order valence-corrected chi connectivity index (χ4v) is 2.65. The molecule has 20 heavy (non-hydrogen) atoms. The molecule has 0 saturated heterocycles. The first-order valence-corrected chi connectivity index (χ1v) is 8.21. The van der Waals surface area contributed by atoms with E-state index in [1.54, 1.807) is 12.1 Å². The Morgan fingerprint density at radius 2 is 2.05 bits per heavy atom. The zero-order chi connectivity index (χ0) is 15.0. The Balaban J connectivity index is 2.41. The highest BCUT2D eigenvalue weighted by Gasteiger charge is 2.13. The van der Waals surface area contributed by atoms with Crippen molar-refractivity contribution >= 4 is 10.0 Å². The molecule has 0 aliphatic carbocycles. The summed E-state index contributed by atoms with van der Waals surface area (Å²) in [7, 11) is -3.54. The number of hydrogen-bond acceptors (Lipinski definition) is 4. The molecule has 0 radical (unpaired) electrons. The van der Waals surface area contributed by atoms with Crippen molar-refractivity contribution < 1.29 is 18.3 Å². The summed E-state index contributed by atoms with van der Waals surface area (Å²) >= 11 is 0. The van der Waals surface area contributed by atoms with Crippen LogP contribution in [0, 0.1) is 5.92 Å². The molecule has 0 saturated carbocycles. The Morgan fingerprint density at radius 3 is 2.70 bits per heavy atom. The van der Waals surface area contributed by atoms with E-state index in [1.807, 2.05) is 0 Å². The van der Waals surface area contributed by atoms with Crippen LogP contribution in [0.4, 0.5) is 0 Å². The lowest BCUT2D eigenvalue weighted by Gasteiger charge is -2.09. The zero-order valence-corrected chi connectivity index (χ0v) is 12.8. The van der Waals surface area contributed by atoms with Crippen LogP contribution in [-0.2, 0) is 21.4 Å². The van der Waals surface area contributed by atoms with Gasteiger partial charge in [0.15, 0.2) is 0 Å². The second-order valence-electron chi connectivity index (χ2n) is 5.00. The molecule has 0 spiro atoms. The van der Waals surface area contributed by atoms with Crippen LogP contribution >= 0.6 is 0 Å². The first-order valence-electron chi connectivity index (χ1n) is 6.73. The number of sulfonamides is 1. The van der Waals surface area contributed by atoms with E-state index in [4.69, 9.17) is 9.84 Å². The Labute approximate surface area is 121 Å². The van der Waals surface area contributed by atoms with Gasteiger partial charge in [-0.1, -0.05) is 26.0 Å². The van der Waals surface area contributed by atoms with Crippen LogP contribution in [0.1, 0.15) is 25.8 Å². The molecule has 1 aromatic carbocycles. The largest absolute Gasteiger partial charge is 0.392 e. The van der Waals surface area contributed by atoms with Crippen molar-refractivity contribution in [3.05, 3.63) is 29.8 Å². The average molecular weight is 301 g/mol. The van der Waals surface area contributed by atoms with Gasteiger partial charge in [0.1, 0.15) is 0 Å². The van der Waals surface area contributed by atoms with Crippen LogP contribution < -0.4 is 4.72 Å². The van der Waals surface area contributed by atoms with Crippen molar-refractivity contribution in [3.63, 3.8) is 0 Å². The van der Waals surface area contributed by atoms with Gasteiger partial charge in [0.25, 0.3) is 0 Å². The molecule has 1 rings (SSSR count). The molecule has 0 atom stereocenters. The summed E-state index contributed by atoms with van der Waals surface area (Å²) in [5.41, 5.74) is 0.570. The monoisotopic (exact) mass is 301 g/mol. The topological polar surface area (TPSA) is 75.6 Å². The second kappa shape index (κ2) is 8.36. The summed E-state index contributed by atoms with van der Waals surface area (Å²) in [6, 6.07) is 6.25. The molecule has 0 unspecified atom stereocenters. The Hall–Kier alpha value is -0.950. The van der Waals surface area contributed by atoms with Gasteiger partial charge in [-0.25, -0.2) is 13.1 Å². The molecule has 0 heterocycles. The lowest BCUT2D eigenvalue weighted by atomic mass is 10.1. The number of aliphatic hydroxyl groups excluding tert-OH is 1. The van der Waals surface area contributed by atoms with E-state index in [1.165, 1.54) is 12.1 Å². The van der Waals surface area contributed by atoms with Crippen LogP contribution in [0.2, 0.25) is 0 Å². The fraction of sp³-hybridized carbons (Fsp3) is 0.571. The molecule has 0 amide bonds. The summed E-state index contributed by atoms with van der Waals surface area (Å²) in [5, 5.41) is 9.01. The summed E-state index contributed by atoms with van der Waals surface area (Å²) < 4.78 is 31.8. The number of rotatable bonds is 9. The molecule has 1 aromatic rings. The third-order valence-corrected chi connectivity index (χ3v) is 4.23. The van der Waals surface area contributed by atoms with Gasteiger partial charge in [0.05, 0.1) is 18.1 Å². The van der Waals surface area contributed by atoms with E-state index in [2.05, 4.69) is 18.6 Å². The Morgan fingerprint density at radius 1 is 1.30 bits per heavy atom. The maximum absolute atomic E-state index is 12.0. The van der Waals surface area contributed by atoms with Crippen molar-refractivity contribution in [1.29, 1.82) is 0 Å². The standard InChI is InChI=1S/C14H23NO4S/c1-12(2)6-8-19-9-7-15-20(17,18)14-5-3-4-13(10-14)11-16/h3-5,10,12,15-16H,6-9,11H2,1-2H3. The van der Waals surface area contributed by atoms with Crippen molar-refractivity contribution in [2.75, 3.05) is 19.8 Å². The third-order valence-electron chi connectivity index (χ3n) is 2.77. The summed E-state index contributed by atoms with van der Waals surface area (Å²) in [4.78, 5) is 0.159. The average Bonchev–Trinajstić information content (AvgIpc) is 2.42. The molecule has 2 N–H and O–H groups in total. The SMILES string of the molecule is CC(C)CCOCCNS(=O)(=O)c1cccc(CO)c1. The quantitative estimate of drug-likeness (QED) is 0.678. The maximum atomic E-state index is 12.0. The van der Waals surface area contributed by atoms with Gasteiger partial charge in [0.2, 0.25) is 10.0 Å². The van der Waals surface area contributed by atoms with Crippen molar-refractivity contribution in [2.24, 2.45) is 5.92 Å². The van der Waals surface area contributed by atoms with Crippen LogP contribution in [0.3, 0.4) is 0 Å². The maximum Gasteiger partial charge on any atom is 0.240 e. The van der Waals surface area contributed by atoms with Crippen molar-refractivity contribution in [2.45, 2.75) is 31.8 Å². The molecule has 0 fully saturated rings. The molecule has 0 bridgehead atoms. The number of benzene rings is 1. The number of aliphatic hydroxyl groups is 1. The van der Waals surface area contributed by atoms with E-state index in [0.29, 0.717) is 24.7 Å². The summed E-state index contributed by atoms with van der Waals surface area (Å²) in [5.74, 6) is 0.577. The van der Waals surface area contributed by atoms with Gasteiger partial charge in [-0.3, -0.25) is 0 Å². The highest BCUT2D eigenvalue weighted by atomic mass is 32.2. The molecule has 114 valence electrons. The molecule has 0 aliphatic rings.